The molecule has 6 nitrogen and oxygen atoms in total. The van der Waals surface area contributed by atoms with E-state index in [-0.39, 0.29) is 0 Å². The van der Waals surface area contributed by atoms with Gasteiger partial charge in [-0.1, -0.05) is 0 Å². The Kier molecular flexibility index (Phi) is 11.2. The fourth-order valence-electron chi connectivity index (χ4n) is 1.61. The zero-order valence-corrected chi connectivity index (χ0v) is 18.8. The van der Waals surface area contributed by atoms with E-state index >= 15 is 0 Å². The average Bonchev–Trinajstić information content (AvgIpc) is 3.35. The molecular formula is C18H24N6S3. The molecule has 27 heavy (non-hydrogen) atoms. The van der Waals surface area contributed by atoms with Crippen molar-refractivity contribution in [3.05, 3.63) is 48.2 Å². The molecule has 3 aromatic heterocycles. The lowest BCUT2D eigenvalue weighted by Crippen LogP contribution is -1.77. The van der Waals surface area contributed by atoms with Crippen molar-refractivity contribution in [1.29, 1.82) is 0 Å². The van der Waals surface area contributed by atoms with Gasteiger partial charge in [0.25, 0.3) is 0 Å². The van der Waals surface area contributed by atoms with Crippen LogP contribution in [0.25, 0.3) is 0 Å². The fraction of sp³-hybridized carbons (Fsp3) is 0.333. The van der Waals surface area contributed by atoms with E-state index in [0.29, 0.717) is 0 Å². The smallest absolute Gasteiger partial charge is 0.134 e. The van der Waals surface area contributed by atoms with Gasteiger partial charge >= 0.3 is 0 Å². The van der Waals surface area contributed by atoms with Crippen molar-refractivity contribution in [3.8, 4) is 0 Å². The van der Waals surface area contributed by atoms with Gasteiger partial charge in [-0.3, -0.25) is 15.0 Å². The summed E-state index contributed by atoms with van der Waals surface area (Å²) in [5, 5.41) is 6.88. The summed E-state index contributed by atoms with van der Waals surface area (Å²) in [6.07, 6.45) is 7.05. The van der Waals surface area contributed by atoms with Crippen molar-refractivity contribution in [2.45, 2.75) is 20.8 Å². The molecule has 0 aliphatic rings. The molecule has 3 rings (SSSR count). The molecule has 0 radical (unpaired) electrons. The molecule has 0 aliphatic heterocycles. The number of aliphatic imine (C=N–C) groups is 3. The molecular weight excluding hydrogens is 396 g/mol. The summed E-state index contributed by atoms with van der Waals surface area (Å²) in [4.78, 5) is 25.2. The molecule has 0 fully saturated rings. The summed E-state index contributed by atoms with van der Waals surface area (Å²) >= 11 is 4.88. The van der Waals surface area contributed by atoms with Crippen LogP contribution in [0, 0.1) is 20.8 Å². The summed E-state index contributed by atoms with van der Waals surface area (Å²) in [5.41, 5.74) is 2.18. The molecule has 9 heteroatoms. The number of thiazole rings is 3. The van der Waals surface area contributed by atoms with Crippen LogP contribution in [0.2, 0.25) is 0 Å². The molecule has 0 atom stereocenters. The Balaban J connectivity index is 0.000000204. The van der Waals surface area contributed by atoms with Gasteiger partial charge in [-0.2, -0.15) is 0 Å². The van der Waals surface area contributed by atoms with Crippen LogP contribution >= 0.6 is 34.0 Å². The minimum atomic E-state index is 0.965. The normalized spacial score (nSPS) is 10.9. The van der Waals surface area contributed by atoms with Gasteiger partial charge < -0.3 is 0 Å². The fourth-order valence-corrected chi connectivity index (χ4v) is 3.72. The molecule has 3 aromatic rings. The molecule has 144 valence electrons. The third kappa shape index (κ3) is 9.41. The first kappa shape index (κ1) is 22.9. The molecule has 0 saturated carbocycles. The standard InChI is InChI=1S/C7H10N2S.C6H8N2S.C5H6N2S/c1-5-6(2)10-7(9-5)4-8-3;1-5-4-9-6(8-5)3-7-2;1-6-4-5-7-2-3-8-5/h4H,1-3H3;3-4H,1-2H3;2-4H,1H3. The predicted molar refractivity (Wildman–Crippen MR) is 121 cm³/mol. The largest absolute Gasteiger partial charge is 0.293 e. The van der Waals surface area contributed by atoms with E-state index in [2.05, 4.69) is 36.9 Å². The highest BCUT2D eigenvalue weighted by atomic mass is 32.1. The molecule has 0 saturated heterocycles. The van der Waals surface area contributed by atoms with Crippen LogP contribution in [0.3, 0.4) is 0 Å². The highest BCUT2D eigenvalue weighted by Crippen LogP contribution is 2.14. The Labute approximate surface area is 172 Å². The van der Waals surface area contributed by atoms with Crippen LogP contribution in [-0.2, 0) is 0 Å². The van der Waals surface area contributed by atoms with Gasteiger partial charge in [0.15, 0.2) is 0 Å². The third-order valence-electron chi connectivity index (χ3n) is 2.85. The first-order valence-electron chi connectivity index (χ1n) is 8.02. The maximum absolute atomic E-state index is 4.27. The molecule has 3 heterocycles. The lowest BCUT2D eigenvalue weighted by Gasteiger charge is -1.77. The van der Waals surface area contributed by atoms with Gasteiger partial charge in [0.1, 0.15) is 15.0 Å². The van der Waals surface area contributed by atoms with E-state index in [1.54, 1.807) is 80.0 Å². The average molecular weight is 421 g/mol. The minimum absolute atomic E-state index is 0.965. The Morgan fingerprint density at radius 2 is 1.44 bits per heavy atom. The number of aryl methyl sites for hydroxylation is 3. The quantitative estimate of drug-likeness (QED) is 0.585. The van der Waals surface area contributed by atoms with E-state index < -0.39 is 0 Å². The lowest BCUT2D eigenvalue weighted by molar-refractivity contribution is 1.22. The lowest BCUT2D eigenvalue weighted by atomic mass is 10.4. The van der Waals surface area contributed by atoms with E-state index in [0.717, 1.165) is 26.4 Å². The SMILES string of the molecule is CN=Cc1nc(C)c(C)s1.CN=Cc1nc(C)cs1.CN=Cc1nccs1. The van der Waals surface area contributed by atoms with Gasteiger partial charge in [0.2, 0.25) is 0 Å². The van der Waals surface area contributed by atoms with Crippen molar-refractivity contribution in [3.63, 3.8) is 0 Å². The second-order valence-corrected chi connectivity index (χ2v) is 8.10. The summed E-state index contributed by atoms with van der Waals surface area (Å²) in [6, 6.07) is 0. The maximum atomic E-state index is 4.27. The summed E-state index contributed by atoms with van der Waals surface area (Å²) in [7, 11) is 5.24. The van der Waals surface area contributed by atoms with E-state index in [4.69, 9.17) is 0 Å². The van der Waals surface area contributed by atoms with Crippen molar-refractivity contribution in [1.82, 2.24) is 15.0 Å². The number of hydrogen-bond donors (Lipinski definition) is 0. The van der Waals surface area contributed by atoms with Crippen LogP contribution in [0.15, 0.2) is 31.9 Å². The maximum Gasteiger partial charge on any atom is 0.134 e. The number of aromatic nitrogens is 3. The van der Waals surface area contributed by atoms with Crippen LogP contribution in [0.1, 0.15) is 31.3 Å². The van der Waals surface area contributed by atoms with Crippen LogP contribution < -0.4 is 0 Å². The Morgan fingerprint density at radius 1 is 0.815 bits per heavy atom. The molecule has 0 spiro atoms. The molecule has 0 bridgehead atoms. The van der Waals surface area contributed by atoms with Gasteiger partial charge in [-0.05, 0) is 20.8 Å². The number of hydrogen-bond acceptors (Lipinski definition) is 9. The molecule has 0 N–H and O–H groups in total. The minimum Gasteiger partial charge on any atom is -0.293 e. The first-order valence-corrected chi connectivity index (χ1v) is 10.6. The van der Waals surface area contributed by atoms with Crippen LogP contribution in [-0.4, -0.2) is 54.7 Å². The highest BCUT2D eigenvalue weighted by molar-refractivity contribution is 7.13. The molecule has 0 unspecified atom stereocenters. The zero-order chi connectivity index (χ0) is 20.1. The summed E-state index contributed by atoms with van der Waals surface area (Å²) < 4.78 is 0. The van der Waals surface area contributed by atoms with Gasteiger partial charge in [-0.25, -0.2) is 15.0 Å². The van der Waals surface area contributed by atoms with Crippen molar-refractivity contribution in [2.24, 2.45) is 15.0 Å². The van der Waals surface area contributed by atoms with Gasteiger partial charge in [0.05, 0.1) is 24.3 Å². The zero-order valence-electron chi connectivity index (χ0n) is 16.4. The third-order valence-corrected chi connectivity index (χ3v) is 5.47. The number of nitrogens with zero attached hydrogens (tertiary/aromatic N) is 6. The van der Waals surface area contributed by atoms with Crippen molar-refractivity contribution >= 4 is 52.7 Å². The van der Waals surface area contributed by atoms with E-state index in [9.17, 15) is 0 Å². The summed E-state index contributed by atoms with van der Waals surface area (Å²) in [6.45, 7) is 6.06. The first-order chi connectivity index (χ1) is 13.0. The van der Waals surface area contributed by atoms with E-state index in [1.807, 2.05) is 24.6 Å². The Morgan fingerprint density at radius 3 is 1.89 bits per heavy atom. The number of rotatable bonds is 3. The summed E-state index contributed by atoms with van der Waals surface area (Å²) in [5.74, 6) is 0. The Bertz CT molecular complexity index is 840. The predicted octanol–water partition coefficient (Wildman–Crippen LogP) is 4.50. The molecule has 0 aromatic carbocycles. The molecule has 0 amide bonds. The Hall–Kier alpha value is -2.10. The van der Waals surface area contributed by atoms with Crippen molar-refractivity contribution in [2.75, 3.05) is 21.1 Å². The topological polar surface area (TPSA) is 75.8 Å². The monoisotopic (exact) mass is 420 g/mol. The van der Waals surface area contributed by atoms with Crippen molar-refractivity contribution < 1.29 is 0 Å². The second kappa shape index (κ2) is 13.1. The van der Waals surface area contributed by atoms with E-state index in [1.165, 1.54) is 4.88 Å². The van der Waals surface area contributed by atoms with Gasteiger partial charge in [-0.15, -0.1) is 34.0 Å². The highest BCUT2D eigenvalue weighted by Gasteiger charge is 1.98. The van der Waals surface area contributed by atoms with Crippen LogP contribution in [0.4, 0.5) is 0 Å². The second-order valence-electron chi connectivity index (χ2n) is 5.05. The molecule has 0 aliphatic carbocycles. The van der Waals surface area contributed by atoms with Crippen LogP contribution in [0.5, 0.6) is 0 Å². The van der Waals surface area contributed by atoms with Gasteiger partial charge in [0, 0.05) is 48.7 Å².